The molecule has 1 N–H and O–H groups in total. The number of aromatic nitrogens is 1. The standard InChI is InChI=1S/C28H26F7N3O5/c1-15-7-19(29)3-4-20(15)22-12-37(23(39)13-38-24(40)14-43-26(38)42)6-5-21(22)25(41)36(2)11-16-8-17(27(30,31)32)10-18(9-16)28(33,34)35/h3-4,7-10,14,21-22,40H,5-6,11-13H2,1-2H3/t21-,22+/m1/s1. The zero-order chi connectivity index (χ0) is 31.9. The van der Waals surface area contributed by atoms with Crippen LogP contribution >= 0.6 is 0 Å². The minimum absolute atomic E-state index is 0.00275. The van der Waals surface area contributed by atoms with Crippen LogP contribution in [-0.2, 0) is 35.0 Å². The summed E-state index contributed by atoms with van der Waals surface area (Å²) in [6.07, 6.45) is -9.30. The van der Waals surface area contributed by atoms with Crippen molar-refractivity contribution >= 4 is 11.8 Å². The highest BCUT2D eigenvalue weighted by atomic mass is 19.4. The topological polar surface area (TPSA) is 96.0 Å². The fourth-order valence-electron chi connectivity index (χ4n) is 5.29. The van der Waals surface area contributed by atoms with Crippen LogP contribution in [-0.4, -0.2) is 51.4 Å². The molecule has 0 bridgehead atoms. The molecule has 2 atom stereocenters. The SMILES string of the molecule is Cc1cc(F)ccc1[C@@H]1CN(C(=O)Cn2c(O)coc2=O)CC[C@H]1C(=O)N(C)Cc1cc(C(F)(F)F)cc(C(F)(F)F)c1. The van der Waals surface area contributed by atoms with Crippen molar-refractivity contribution < 1.29 is 49.8 Å². The van der Waals surface area contributed by atoms with Gasteiger partial charge in [-0.2, -0.15) is 26.3 Å². The molecule has 0 saturated carbocycles. The van der Waals surface area contributed by atoms with E-state index in [-0.39, 0.29) is 31.1 Å². The van der Waals surface area contributed by atoms with E-state index >= 15 is 0 Å². The zero-order valence-electron chi connectivity index (χ0n) is 22.8. The molecule has 1 aliphatic rings. The van der Waals surface area contributed by atoms with Crippen LogP contribution in [0.15, 0.2) is 51.9 Å². The number of aromatic hydroxyl groups is 1. The molecular formula is C28H26F7N3O5. The number of aryl methyl sites for hydroxylation is 1. The molecule has 0 spiro atoms. The monoisotopic (exact) mass is 617 g/mol. The van der Waals surface area contributed by atoms with Crippen LogP contribution in [0.5, 0.6) is 5.88 Å². The molecule has 232 valence electrons. The van der Waals surface area contributed by atoms with Gasteiger partial charge in [0.25, 0.3) is 0 Å². The summed E-state index contributed by atoms with van der Waals surface area (Å²) in [5.74, 6) is -4.90. The maximum Gasteiger partial charge on any atom is 0.422 e. The number of alkyl halides is 6. The van der Waals surface area contributed by atoms with E-state index in [1.54, 1.807) is 6.92 Å². The third-order valence-electron chi connectivity index (χ3n) is 7.41. The lowest BCUT2D eigenvalue weighted by Gasteiger charge is -2.40. The van der Waals surface area contributed by atoms with Gasteiger partial charge in [0.1, 0.15) is 12.4 Å². The van der Waals surface area contributed by atoms with Gasteiger partial charge in [-0.3, -0.25) is 9.59 Å². The predicted molar refractivity (Wildman–Crippen MR) is 136 cm³/mol. The minimum atomic E-state index is -5.05. The number of carbonyl (C=O) groups excluding carboxylic acids is 2. The summed E-state index contributed by atoms with van der Waals surface area (Å²) in [6.45, 7) is 0.392. The van der Waals surface area contributed by atoms with Gasteiger partial charge in [0, 0.05) is 38.5 Å². The molecule has 8 nitrogen and oxygen atoms in total. The summed E-state index contributed by atoms with van der Waals surface area (Å²) in [6, 6.07) is 4.94. The molecule has 2 aromatic carbocycles. The first-order chi connectivity index (χ1) is 20.0. The van der Waals surface area contributed by atoms with Crippen molar-refractivity contribution in [2.24, 2.45) is 5.92 Å². The van der Waals surface area contributed by atoms with Crippen molar-refractivity contribution in [3.8, 4) is 5.88 Å². The summed E-state index contributed by atoms with van der Waals surface area (Å²) in [4.78, 5) is 40.9. The Hall–Kier alpha value is -4.30. The van der Waals surface area contributed by atoms with E-state index in [2.05, 4.69) is 4.42 Å². The zero-order valence-corrected chi connectivity index (χ0v) is 22.8. The van der Waals surface area contributed by atoms with E-state index in [1.807, 2.05) is 0 Å². The van der Waals surface area contributed by atoms with E-state index in [0.29, 0.717) is 27.8 Å². The van der Waals surface area contributed by atoms with Gasteiger partial charge >= 0.3 is 18.1 Å². The van der Waals surface area contributed by atoms with E-state index in [0.717, 1.165) is 11.2 Å². The van der Waals surface area contributed by atoms with E-state index < -0.39 is 77.7 Å². The summed E-state index contributed by atoms with van der Waals surface area (Å²) in [5, 5.41) is 9.78. The third-order valence-corrected chi connectivity index (χ3v) is 7.41. The van der Waals surface area contributed by atoms with Crippen molar-refractivity contribution in [2.45, 2.75) is 44.7 Å². The Bertz CT molecular complexity index is 1550. The quantitative estimate of drug-likeness (QED) is 0.397. The third kappa shape index (κ3) is 7.03. The van der Waals surface area contributed by atoms with Crippen LogP contribution in [0.1, 0.15) is 40.2 Å². The number of nitrogens with zero attached hydrogens (tertiary/aromatic N) is 3. The smallest absolute Gasteiger partial charge is 0.422 e. The number of hydrogen-bond acceptors (Lipinski definition) is 5. The average molecular weight is 618 g/mol. The Morgan fingerprint density at radius 2 is 1.67 bits per heavy atom. The molecule has 15 heteroatoms. The summed E-state index contributed by atoms with van der Waals surface area (Å²) < 4.78 is 99.2. The number of likely N-dealkylation sites (tertiary alicyclic amines) is 1. The van der Waals surface area contributed by atoms with Crippen LogP contribution in [0.3, 0.4) is 0 Å². The first kappa shape index (κ1) is 31.6. The molecule has 1 saturated heterocycles. The maximum atomic E-state index is 13.9. The molecular weight excluding hydrogens is 591 g/mol. The van der Waals surface area contributed by atoms with Gasteiger partial charge in [-0.25, -0.2) is 13.8 Å². The fraction of sp³-hybridized carbons (Fsp3) is 0.393. The van der Waals surface area contributed by atoms with Gasteiger partial charge < -0.3 is 19.3 Å². The molecule has 2 amide bonds. The second kappa shape index (κ2) is 11.8. The van der Waals surface area contributed by atoms with Gasteiger partial charge in [0.05, 0.1) is 11.1 Å². The highest BCUT2D eigenvalue weighted by Crippen LogP contribution is 2.38. The average Bonchev–Trinajstić information content (AvgIpc) is 3.23. The van der Waals surface area contributed by atoms with E-state index in [4.69, 9.17) is 0 Å². The highest BCUT2D eigenvalue weighted by Gasteiger charge is 2.40. The lowest BCUT2D eigenvalue weighted by Crippen LogP contribution is -2.48. The molecule has 0 aliphatic carbocycles. The lowest BCUT2D eigenvalue weighted by atomic mass is 9.78. The Morgan fingerprint density at radius 3 is 2.21 bits per heavy atom. The van der Waals surface area contributed by atoms with Crippen molar-refractivity contribution in [1.29, 1.82) is 0 Å². The number of hydrogen-bond donors (Lipinski definition) is 1. The number of amides is 2. The normalized spacial score (nSPS) is 17.7. The number of rotatable bonds is 6. The largest absolute Gasteiger partial charge is 0.492 e. The van der Waals surface area contributed by atoms with E-state index in [1.165, 1.54) is 30.1 Å². The van der Waals surface area contributed by atoms with Crippen LogP contribution in [0, 0.1) is 18.7 Å². The van der Waals surface area contributed by atoms with Gasteiger partial charge in [-0.05, 0) is 60.4 Å². The minimum Gasteiger partial charge on any atom is -0.492 e. The summed E-state index contributed by atoms with van der Waals surface area (Å²) in [7, 11) is 1.25. The van der Waals surface area contributed by atoms with Gasteiger partial charge in [0.2, 0.25) is 17.7 Å². The summed E-state index contributed by atoms with van der Waals surface area (Å²) >= 11 is 0. The van der Waals surface area contributed by atoms with Crippen molar-refractivity contribution in [2.75, 3.05) is 20.1 Å². The Morgan fingerprint density at radius 1 is 1.05 bits per heavy atom. The first-order valence-corrected chi connectivity index (χ1v) is 12.9. The maximum absolute atomic E-state index is 13.9. The molecule has 1 aromatic heterocycles. The Kier molecular flexibility index (Phi) is 8.65. The van der Waals surface area contributed by atoms with E-state index in [9.17, 15) is 50.2 Å². The second-order valence-electron chi connectivity index (χ2n) is 10.4. The number of carbonyl (C=O) groups is 2. The van der Waals surface area contributed by atoms with Crippen molar-refractivity contribution in [3.05, 3.63) is 86.8 Å². The molecule has 1 aliphatic heterocycles. The van der Waals surface area contributed by atoms with Gasteiger partial charge in [-0.1, -0.05) is 6.07 Å². The molecule has 2 heterocycles. The number of piperidine rings is 1. The molecule has 43 heavy (non-hydrogen) atoms. The van der Waals surface area contributed by atoms with Gasteiger partial charge in [-0.15, -0.1) is 0 Å². The van der Waals surface area contributed by atoms with Crippen LogP contribution < -0.4 is 5.76 Å². The van der Waals surface area contributed by atoms with Crippen LogP contribution in [0.4, 0.5) is 30.7 Å². The number of benzene rings is 2. The first-order valence-electron chi connectivity index (χ1n) is 12.9. The number of halogens is 7. The van der Waals surface area contributed by atoms with Gasteiger partial charge in [0.15, 0.2) is 6.26 Å². The molecule has 4 rings (SSSR count). The molecule has 1 fully saturated rings. The van der Waals surface area contributed by atoms with Crippen LogP contribution in [0.2, 0.25) is 0 Å². The molecule has 3 aromatic rings. The number of oxazole rings is 1. The Labute approximate surface area is 239 Å². The second-order valence-corrected chi connectivity index (χ2v) is 10.4. The van der Waals surface area contributed by atoms with Crippen molar-refractivity contribution in [3.63, 3.8) is 0 Å². The fourth-order valence-corrected chi connectivity index (χ4v) is 5.29. The predicted octanol–water partition coefficient (Wildman–Crippen LogP) is 4.92. The molecule has 0 unspecified atom stereocenters. The summed E-state index contributed by atoms with van der Waals surface area (Å²) in [5.41, 5.74) is -2.44. The van der Waals surface area contributed by atoms with Crippen LogP contribution in [0.25, 0.3) is 0 Å². The lowest BCUT2D eigenvalue weighted by molar-refractivity contribution is -0.143. The van der Waals surface area contributed by atoms with Crippen molar-refractivity contribution in [1.82, 2.24) is 14.4 Å². The highest BCUT2D eigenvalue weighted by molar-refractivity contribution is 5.81. The Balaban J connectivity index is 1.61. The molecule has 0 radical (unpaired) electrons.